The first kappa shape index (κ1) is 18.0. The molecule has 1 fully saturated rings. The second kappa shape index (κ2) is 7.06. The Kier molecular flexibility index (Phi) is 4.53. The monoisotopic (exact) mass is 400 g/mol. The van der Waals surface area contributed by atoms with E-state index in [1.54, 1.807) is 22.5 Å². The van der Waals surface area contributed by atoms with Crippen LogP contribution in [0.5, 0.6) is 5.75 Å². The molecule has 0 radical (unpaired) electrons. The van der Waals surface area contributed by atoms with E-state index < -0.39 is 10.0 Å². The van der Waals surface area contributed by atoms with Crippen LogP contribution in [0.2, 0.25) is 0 Å². The number of fused-ring (bicyclic) bond motifs is 2. The van der Waals surface area contributed by atoms with Crippen molar-refractivity contribution in [3.05, 3.63) is 53.6 Å². The number of rotatable bonds is 3. The van der Waals surface area contributed by atoms with E-state index in [0.717, 1.165) is 30.6 Å². The fourth-order valence-electron chi connectivity index (χ4n) is 4.41. The topological polar surface area (TPSA) is 59.1 Å². The molecule has 148 valence electrons. The minimum absolute atomic E-state index is 0.293. The van der Waals surface area contributed by atoms with Crippen LogP contribution in [0.3, 0.4) is 0 Å². The Morgan fingerprint density at radius 3 is 2.68 bits per heavy atom. The van der Waals surface area contributed by atoms with Crippen LogP contribution in [0.15, 0.2) is 47.4 Å². The van der Waals surface area contributed by atoms with E-state index in [4.69, 9.17) is 9.47 Å². The summed E-state index contributed by atoms with van der Waals surface area (Å²) < 4.78 is 39.1. The van der Waals surface area contributed by atoms with Crippen LogP contribution in [0, 0.1) is 0 Å². The molecule has 2 aromatic carbocycles. The Morgan fingerprint density at radius 1 is 1.00 bits per heavy atom. The summed E-state index contributed by atoms with van der Waals surface area (Å²) in [6.45, 7) is 2.89. The molecule has 7 heteroatoms. The molecule has 0 bridgehead atoms. The Balaban J connectivity index is 1.31. The van der Waals surface area contributed by atoms with Crippen molar-refractivity contribution in [1.82, 2.24) is 4.31 Å². The summed E-state index contributed by atoms with van der Waals surface area (Å²) in [5, 5.41) is 0. The lowest BCUT2D eigenvalue weighted by Gasteiger charge is -2.41. The van der Waals surface area contributed by atoms with E-state index >= 15 is 0 Å². The zero-order valence-corrected chi connectivity index (χ0v) is 16.5. The van der Waals surface area contributed by atoms with Crippen LogP contribution < -0.4 is 9.64 Å². The maximum atomic E-state index is 13.1. The average molecular weight is 401 g/mol. The van der Waals surface area contributed by atoms with Gasteiger partial charge in [-0.05, 0) is 42.7 Å². The van der Waals surface area contributed by atoms with Gasteiger partial charge in [0.1, 0.15) is 12.5 Å². The molecule has 28 heavy (non-hydrogen) atoms. The number of piperidine rings is 1. The third-order valence-corrected chi connectivity index (χ3v) is 7.85. The molecule has 0 saturated carbocycles. The number of ether oxygens (including phenoxy) is 2. The highest BCUT2D eigenvalue weighted by Gasteiger charge is 2.33. The smallest absolute Gasteiger partial charge is 0.243 e. The molecule has 0 aromatic heterocycles. The maximum Gasteiger partial charge on any atom is 0.243 e. The molecule has 0 aliphatic carbocycles. The van der Waals surface area contributed by atoms with Gasteiger partial charge < -0.3 is 14.4 Å². The van der Waals surface area contributed by atoms with Gasteiger partial charge in [-0.2, -0.15) is 4.31 Å². The van der Waals surface area contributed by atoms with Crippen LogP contribution in [-0.4, -0.2) is 45.2 Å². The van der Waals surface area contributed by atoms with Crippen molar-refractivity contribution in [1.29, 1.82) is 0 Å². The molecular weight excluding hydrogens is 376 g/mol. The lowest BCUT2D eigenvalue weighted by molar-refractivity contribution is 0.0988. The summed E-state index contributed by atoms with van der Waals surface area (Å²) in [7, 11) is -3.47. The molecule has 0 spiro atoms. The highest BCUT2D eigenvalue weighted by atomic mass is 32.2. The fraction of sp³-hybridized carbons (Fsp3) is 0.429. The van der Waals surface area contributed by atoms with Gasteiger partial charge in [0.25, 0.3) is 0 Å². The van der Waals surface area contributed by atoms with Gasteiger partial charge in [-0.25, -0.2) is 8.42 Å². The van der Waals surface area contributed by atoms with Crippen molar-refractivity contribution in [3.8, 4) is 5.75 Å². The highest BCUT2D eigenvalue weighted by molar-refractivity contribution is 7.89. The number of nitrogens with zero attached hydrogens (tertiary/aromatic N) is 2. The SMILES string of the molecule is O=S(=O)(c1ccc2c(c1)CCO2)N1CCC(N2COCc3ccccc32)CC1. The molecule has 0 unspecified atom stereocenters. The zero-order valence-electron chi connectivity index (χ0n) is 15.7. The van der Waals surface area contributed by atoms with Crippen molar-refractivity contribution in [2.45, 2.75) is 36.8 Å². The van der Waals surface area contributed by atoms with E-state index in [2.05, 4.69) is 17.0 Å². The lowest BCUT2D eigenvalue weighted by Crippen LogP contribution is -2.48. The predicted octanol–water partition coefficient (Wildman–Crippen LogP) is 2.77. The lowest BCUT2D eigenvalue weighted by atomic mass is 10.0. The normalized spacial score (nSPS) is 20.5. The first-order valence-corrected chi connectivity index (χ1v) is 11.2. The van der Waals surface area contributed by atoms with E-state index in [9.17, 15) is 8.42 Å². The van der Waals surface area contributed by atoms with E-state index in [1.807, 2.05) is 12.1 Å². The summed E-state index contributed by atoms with van der Waals surface area (Å²) in [6, 6.07) is 13.8. The molecule has 3 aliphatic rings. The first-order chi connectivity index (χ1) is 13.6. The minimum atomic E-state index is -3.47. The van der Waals surface area contributed by atoms with Gasteiger partial charge in [0.15, 0.2) is 0 Å². The largest absolute Gasteiger partial charge is 0.493 e. The van der Waals surface area contributed by atoms with Gasteiger partial charge in [-0.15, -0.1) is 0 Å². The molecule has 3 aliphatic heterocycles. The quantitative estimate of drug-likeness (QED) is 0.793. The molecule has 2 aromatic rings. The average Bonchev–Trinajstić information content (AvgIpc) is 3.21. The molecular formula is C21H24N2O4S. The Labute approximate surface area is 165 Å². The number of hydrogen-bond acceptors (Lipinski definition) is 5. The summed E-state index contributed by atoms with van der Waals surface area (Å²) in [6.07, 6.45) is 2.37. The second-order valence-corrected chi connectivity index (χ2v) is 9.52. The van der Waals surface area contributed by atoms with Gasteiger partial charge >= 0.3 is 0 Å². The molecule has 5 rings (SSSR count). The Bertz CT molecular complexity index is 984. The zero-order chi connectivity index (χ0) is 19.1. The standard InChI is InChI=1S/C21H24N2O4S/c24-28(25,19-5-6-21-16(13-19)9-12-27-21)22-10-7-18(8-11-22)23-15-26-14-17-3-1-2-4-20(17)23/h1-6,13,18H,7-12,14-15H2. The number of anilines is 1. The number of benzene rings is 2. The van der Waals surface area contributed by atoms with E-state index in [1.165, 1.54) is 11.3 Å². The fourth-order valence-corrected chi connectivity index (χ4v) is 5.93. The summed E-state index contributed by atoms with van der Waals surface area (Å²) in [4.78, 5) is 2.66. The molecule has 0 atom stereocenters. The van der Waals surface area contributed by atoms with Crippen LogP contribution in [0.4, 0.5) is 5.69 Å². The van der Waals surface area contributed by atoms with Crippen molar-refractivity contribution < 1.29 is 17.9 Å². The van der Waals surface area contributed by atoms with Gasteiger partial charge in [0, 0.05) is 36.8 Å². The number of hydrogen-bond donors (Lipinski definition) is 0. The molecule has 0 N–H and O–H groups in total. The Hall–Kier alpha value is -2.09. The van der Waals surface area contributed by atoms with E-state index in [0.29, 0.717) is 44.0 Å². The van der Waals surface area contributed by atoms with Crippen molar-refractivity contribution >= 4 is 15.7 Å². The van der Waals surface area contributed by atoms with Crippen LogP contribution >= 0.6 is 0 Å². The predicted molar refractivity (Wildman–Crippen MR) is 106 cm³/mol. The highest BCUT2D eigenvalue weighted by Crippen LogP contribution is 2.33. The summed E-state index contributed by atoms with van der Waals surface area (Å²) in [5.41, 5.74) is 3.40. The minimum Gasteiger partial charge on any atom is -0.493 e. The number of sulfonamides is 1. The van der Waals surface area contributed by atoms with Gasteiger partial charge in [0.05, 0.1) is 18.1 Å². The van der Waals surface area contributed by atoms with Gasteiger partial charge in [-0.1, -0.05) is 18.2 Å². The maximum absolute atomic E-state index is 13.1. The van der Waals surface area contributed by atoms with Crippen molar-refractivity contribution in [3.63, 3.8) is 0 Å². The van der Waals surface area contributed by atoms with Gasteiger partial charge in [0.2, 0.25) is 10.0 Å². The summed E-state index contributed by atoms with van der Waals surface area (Å²) >= 11 is 0. The van der Waals surface area contributed by atoms with Crippen molar-refractivity contribution in [2.24, 2.45) is 0 Å². The first-order valence-electron chi connectivity index (χ1n) is 9.81. The molecule has 3 heterocycles. The van der Waals surface area contributed by atoms with E-state index in [-0.39, 0.29) is 0 Å². The molecule has 0 amide bonds. The third-order valence-electron chi connectivity index (χ3n) is 5.95. The third kappa shape index (κ3) is 3.07. The second-order valence-electron chi connectivity index (χ2n) is 7.58. The Morgan fingerprint density at radius 2 is 1.82 bits per heavy atom. The number of para-hydroxylation sites is 1. The van der Waals surface area contributed by atoms with Crippen molar-refractivity contribution in [2.75, 3.05) is 31.3 Å². The molecule has 6 nitrogen and oxygen atoms in total. The van der Waals surface area contributed by atoms with Crippen LogP contribution in [-0.2, 0) is 27.8 Å². The van der Waals surface area contributed by atoms with Crippen LogP contribution in [0.1, 0.15) is 24.0 Å². The summed E-state index contributed by atoms with van der Waals surface area (Å²) in [5.74, 6) is 0.807. The van der Waals surface area contributed by atoms with Crippen LogP contribution in [0.25, 0.3) is 0 Å². The van der Waals surface area contributed by atoms with Gasteiger partial charge in [-0.3, -0.25) is 0 Å². The molecule has 1 saturated heterocycles.